The highest BCUT2D eigenvalue weighted by Crippen LogP contribution is 2.60. The molecule has 3 aromatic rings. The van der Waals surface area contributed by atoms with Crippen LogP contribution in [0.25, 0.3) is 16.5 Å². The second-order valence-corrected chi connectivity index (χ2v) is 10.1. The minimum atomic E-state index is -0.308. The van der Waals surface area contributed by atoms with Crippen LogP contribution in [-0.4, -0.2) is 15.6 Å². The Balaban J connectivity index is 1.40. The topological polar surface area (TPSA) is 71.9 Å². The number of carbonyl (C=O) groups is 1. The van der Waals surface area contributed by atoms with Gasteiger partial charge < -0.3 is 0 Å². The molecule has 0 radical (unpaired) electrons. The average Bonchev–Trinajstić information content (AvgIpc) is 2.76. The number of ketones is 1. The summed E-state index contributed by atoms with van der Waals surface area (Å²) in [5.74, 6) is 2.45. The SMILES string of the molecule is O=C(Cc1ccccc1-n1[nH]c(=O)c2ccccc2c1=O)C12CC3CC(CC(C3)C1)C2. The number of carbonyl (C=O) groups excluding carboxylic acids is 1. The number of fused-ring (bicyclic) bond motifs is 1. The Kier molecular flexibility index (Phi) is 4.11. The van der Waals surface area contributed by atoms with Gasteiger partial charge in [0.15, 0.2) is 0 Å². The van der Waals surface area contributed by atoms with Crippen LogP contribution in [0.5, 0.6) is 0 Å². The summed E-state index contributed by atoms with van der Waals surface area (Å²) in [7, 11) is 0. The molecule has 1 heterocycles. The molecule has 0 amide bonds. The van der Waals surface area contributed by atoms with Crippen molar-refractivity contribution in [1.82, 2.24) is 9.78 Å². The van der Waals surface area contributed by atoms with E-state index in [9.17, 15) is 14.4 Å². The van der Waals surface area contributed by atoms with E-state index in [1.807, 2.05) is 24.3 Å². The monoisotopic (exact) mass is 414 g/mol. The minimum absolute atomic E-state index is 0.177. The molecule has 1 aromatic heterocycles. The second kappa shape index (κ2) is 6.78. The minimum Gasteiger partial charge on any atom is -0.299 e. The first kappa shape index (κ1) is 18.8. The molecule has 5 heteroatoms. The van der Waals surface area contributed by atoms with Gasteiger partial charge in [0.05, 0.1) is 16.5 Å². The van der Waals surface area contributed by atoms with E-state index < -0.39 is 0 Å². The van der Waals surface area contributed by atoms with E-state index in [2.05, 4.69) is 5.10 Å². The molecule has 0 saturated heterocycles. The van der Waals surface area contributed by atoms with Gasteiger partial charge in [-0.2, -0.15) is 0 Å². The van der Waals surface area contributed by atoms with Gasteiger partial charge in [0.2, 0.25) is 0 Å². The van der Waals surface area contributed by atoms with Crippen LogP contribution in [0.2, 0.25) is 0 Å². The van der Waals surface area contributed by atoms with Gasteiger partial charge in [0.1, 0.15) is 5.78 Å². The standard InChI is InChI=1S/C26H26N2O3/c29-23(26-13-16-9-17(14-26)11-18(10-16)15-26)12-19-5-1-4-8-22(19)28-25(31)21-7-3-2-6-20(21)24(30)27-28/h1-8,16-18H,9-15H2,(H,27,30). The molecule has 0 atom stereocenters. The fourth-order valence-corrected chi connectivity index (χ4v) is 7.06. The maximum Gasteiger partial charge on any atom is 0.277 e. The third-order valence-electron chi connectivity index (χ3n) is 8.03. The molecule has 5 nitrogen and oxygen atoms in total. The molecule has 0 aliphatic heterocycles. The summed E-state index contributed by atoms with van der Waals surface area (Å²) in [5.41, 5.74) is 0.635. The van der Waals surface area contributed by atoms with Crippen molar-refractivity contribution in [3.63, 3.8) is 0 Å². The Morgan fingerprint density at radius 3 is 2.13 bits per heavy atom. The third kappa shape index (κ3) is 2.93. The van der Waals surface area contributed by atoms with Gasteiger partial charge in [-0.05, 0) is 80.0 Å². The molecule has 7 rings (SSSR count). The number of nitrogens with one attached hydrogen (secondary N) is 1. The predicted octanol–water partition coefficient (Wildman–Crippen LogP) is 4.01. The second-order valence-electron chi connectivity index (χ2n) is 10.1. The van der Waals surface area contributed by atoms with E-state index in [4.69, 9.17) is 0 Å². The predicted molar refractivity (Wildman–Crippen MR) is 119 cm³/mol. The molecular weight excluding hydrogens is 388 g/mol. The zero-order chi connectivity index (χ0) is 21.2. The van der Waals surface area contributed by atoms with Gasteiger partial charge in [-0.3, -0.25) is 19.5 Å². The van der Waals surface area contributed by atoms with Crippen molar-refractivity contribution < 1.29 is 4.79 Å². The number of rotatable bonds is 4. The lowest BCUT2D eigenvalue weighted by molar-refractivity contribution is -0.143. The molecule has 0 spiro atoms. The summed E-state index contributed by atoms with van der Waals surface area (Å²) in [6, 6.07) is 14.3. The quantitative estimate of drug-likeness (QED) is 0.701. The number of benzene rings is 2. The van der Waals surface area contributed by atoms with Crippen molar-refractivity contribution in [2.75, 3.05) is 0 Å². The lowest BCUT2D eigenvalue weighted by Crippen LogP contribution is -2.50. The molecule has 4 bridgehead atoms. The fourth-order valence-electron chi connectivity index (χ4n) is 7.06. The number of aromatic nitrogens is 2. The molecule has 0 unspecified atom stereocenters. The number of aromatic amines is 1. The van der Waals surface area contributed by atoms with Crippen LogP contribution in [0.3, 0.4) is 0 Å². The third-order valence-corrected chi connectivity index (χ3v) is 8.03. The number of hydrogen-bond donors (Lipinski definition) is 1. The largest absolute Gasteiger partial charge is 0.299 e. The molecule has 158 valence electrons. The maximum atomic E-state index is 13.7. The first-order chi connectivity index (χ1) is 15.0. The number of para-hydroxylation sites is 1. The number of Topliss-reactive ketones (excluding diaryl/α,β-unsaturated/α-hetero) is 1. The van der Waals surface area contributed by atoms with E-state index in [0.29, 0.717) is 46.4 Å². The summed E-state index contributed by atoms with van der Waals surface area (Å²) in [6.07, 6.45) is 7.32. The zero-order valence-corrected chi connectivity index (χ0v) is 17.5. The maximum absolute atomic E-state index is 13.7. The fraction of sp³-hybridized carbons (Fsp3) is 0.423. The van der Waals surface area contributed by atoms with E-state index in [1.165, 1.54) is 23.9 Å². The number of nitrogens with zero attached hydrogens (tertiary/aromatic N) is 1. The van der Waals surface area contributed by atoms with Crippen molar-refractivity contribution in [1.29, 1.82) is 0 Å². The molecule has 31 heavy (non-hydrogen) atoms. The van der Waals surface area contributed by atoms with Gasteiger partial charge in [-0.15, -0.1) is 0 Å². The average molecular weight is 415 g/mol. The first-order valence-electron chi connectivity index (χ1n) is 11.4. The van der Waals surface area contributed by atoms with Gasteiger partial charge in [0.25, 0.3) is 11.1 Å². The summed E-state index contributed by atoms with van der Waals surface area (Å²) >= 11 is 0. The van der Waals surface area contributed by atoms with E-state index >= 15 is 0 Å². The van der Waals surface area contributed by atoms with Crippen LogP contribution >= 0.6 is 0 Å². The molecule has 4 aliphatic rings. The van der Waals surface area contributed by atoms with E-state index in [0.717, 1.165) is 24.8 Å². The Labute approximate surface area is 180 Å². The van der Waals surface area contributed by atoms with Crippen LogP contribution < -0.4 is 11.1 Å². The summed E-state index contributed by atoms with van der Waals surface area (Å²) < 4.78 is 1.31. The highest BCUT2D eigenvalue weighted by atomic mass is 16.2. The molecular formula is C26H26N2O3. The van der Waals surface area contributed by atoms with Crippen molar-refractivity contribution in [2.24, 2.45) is 23.2 Å². The first-order valence-corrected chi connectivity index (χ1v) is 11.4. The van der Waals surface area contributed by atoms with Crippen LogP contribution in [-0.2, 0) is 11.2 Å². The Morgan fingerprint density at radius 2 is 1.45 bits per heavy atom. The number of H-pyrrole nitrogens is 1. The van der Waals surface area contributed by atoms with Gasteiger partial charge in [0, 0.05) is 11.8 Å². The highest BCUT2D eigenvalue weighted by Gasteiger charge is 2.54. The van der Waals surface area contributed by atoms with Crippen LogP contribution in [0.1, 0.15) is 44.1 Å². The van der Waals surface area contributed by atoms with Crippen molar-refractivity contribution in [2.45, 2.75) is 44.9 Å². The Bertz CT molecular complexity index is 1280. The normalized spacial score (nSPS) is 28.8. The van der Waals surface area contributed by atoms with E-state index in [1.54, 1.807) is 24.3 Å². The lowest BCUT2D eigenvalue weighted by Gasteiger charge is -2.56. The smallest absolute Gasteiger partial charge is 0.277 e. The van der Waals surface area contributed by atoms with Crippen molar-refractivity contribution in [3.8, 4) is 5.69 Å². The van der Waals surface area contributed by atoms with Gasteiger partial charge in [-0.1, -0.05) is 30.3 Å². The molecule has 4 aliphatic carbocycles. The molecule has 4 saturated carbocycles. The highest BCUT2D eigenvalue weighted by molar-refractivity contribution is 5.88. The Hall–Kier alpha value is -2.95. The molecule has 4 fully saturated rings. The van der Waals surface area contributed by atoms with Crippen LogP contribution in [0.15, 0.2) is 58.1 Å². The van der Waals surface area contributed by atoms with Crippen molar-refractivity contribution in [3.05, 3.63) is 74.8 Å². The van der Waals surface area contributed by atoms with Crippen molar-refractivity contribution >= 4 is 16.6 Å². The molecule has 2 aromatic carbocycles. The number of hydrogen-bond acceptors (Lipinski definition) is 3. The van der Waals surface area contributed by atoms with Crippen LogP contribution in [0.4, 0.5) is 0 Å². The van der Waals surface area contributed by atoms with Gasteiger partial charge >= 0.3 is 0 Å². The van der Waals surface area contributed by atoms with Crippen LogP contribution in [0, 0.1) is 23.2 Å². The van der Waals surface area contributed by atoms with E-state index in [-0.39, 0.29) is 16.5 Å². The summed E-state index contributed by atoms with van der Waals surface area (Å²) in [5, 5.41) is 3.48. The molecule has 1 N–H and O–H groups in total. The zero-order valence-electron chi connectivity index (χ0n) is 17.5. The summed E-state index contributed by atoms with van der Waals surface area (Å²) in [4.78, 5) is 39.4. The van der Waals surface area contributed by atoms with Gasteiger partial charge in [-0.25, -0.2) is 4.68 Å². The Morgan fingerprint density at radius 1 is 0.871 bits per heavy atom. The lowest BCUT2D eigenvalue weighted by atomic mass is 9.48. The summed E-state index contributed by atoms with van der Waals surface area (Å²) in [6.45, 7) is 0.